The number of benzene rings is 1. The zero-order valence-corrected chi connectivity index (χ0v) is 13.3. The summed E-state index contributed by atoms with van der Waals surface area (Å²) in [6.45, 7) is 5.10. The molecule has 22 heavy (non-hydrogen) atoms. The molecule has 1 N–H and O–H groups in total. The Labute approximate surface area is 132 Å². The van der Waals surface area contributed by atoms with Crippen LogP contribution >= 0.6 is 0 Å². The lowest BCUT2D eigenvalue weighted by Gasteiger charge is -2.11. The van der Waals surface area contributed by atoms with E-state index >= 15 is 0 Å². The van der Waals surface area contributed by atoms with Crippen LogP contribution in [-0.2, 0) is 6.54 Å². The highest BCUT2D eigenvalue weighted by Gasteiger charge is 2.11. The fourth-order valence-corrected chi connectivity index (χ4v) is 2.36. The molecule has 1 aromatic heterocycles. The van der Waals surface area contributed by atoms with Crippen LogP contribution in [0, 0.1) is 11.3 Å². The summed E-state index contributed by atoms with van der Waals surface area (Å²) in [6.07, 6.45) is 6.62. The zero-order chi connectivity index (χ0) is 15.8. The third-order valence-electron chi connectivity index (χ3n) is 3.70. The van der Waals surface area contributed by atoms with Gasteiger partial charge in [-0.3, -0.25) is 0 Å². The molecule has 0 bridgehead atoms. The average molecular weight is 297 g/mol. The molecule has 1 heterocycles. The maximum absolute atomic E-state index is 9.13. The lowest BCUT2D eigenvalue weighted by atomic mass is 10.1. The first-order valence-corrected chi connectivity index (χ1v) is 7.92. The summed E-state index contributed by atoms with van der Waals surface area (Å²) in [5.74, 6) is 0.507. The van der Waals surface area contributed by atoms with Gasteiger partial charge in [-0.2, -0.15) is 5.26 Å². The molecule has 4 nitrogen and oxygen atoms in total. The number of nitriles is 1. The van der Waals surface area contributed by atoms with Crippen LogP contribution in [0.25, 0.3) is 11.5 Å². The molecule has 1 unspecified atom stereocenters. The summed E-state index contributed by atoms with van der Waals surface area (Å²) in [5, 5.41) is 12.6. The van der Waals surface area contributed by atoms with Crippen LogP contribution in [0.5, 0.6) is 0 Å². The Hall–Kier alpha value is -2.12. The highest BCUT2D eigenvalue weighted by atomic mass is 16.3. The van der Waals surface area contributed by atoms with E-state index in [4.69, 9.17) is 9.68 Å². The van der Waals surface area contributed by atoms with E-state index < -0.39 is 0 Å². The summed E-state index contributed by atoms with van der Waals surface area (Å²) < 4.78 is 5.52. The molecule has 0 fully saturated rings. The van der Waals surface area contributed by atoms with E-state index in [-0.39, 0.29) is 0 Å². The fourth-order valence-electron chi connectivity index (χ4n) is 2.36. The van der Waals surface area contributed by atoms with Gasteiger partial charge < -0.3 is 9.73 Å². The Bertz CT molecular complexity index is 627. The van der Waals surface area contributed by atoms with E-state index in [1.54, 1.807) is 12.3 Å². The number of oxazole rings is 1. The quantitative estimate of drug-likeness (QED) is 0.739. The largest absolute Gasteiger partial charge is 0.444 e. The second-order valence-electron chi connectivity index (χ2n) is 5.58. The second kappa shape index (κ2) is 8.35. The standard InChI is InChI=1S/C18H23N3O/c1-3-4-5-8-14(2)20-12-16-13-22-18(21-16)17-10-7-6-9-15(17)11-19/h6-7,9-10,13-14,20H,3-5,8,12H2,1-2H3. The van der Waals surface area contributed by atoms with Crippen molar-refractivity contribution < 1.29 is 4.42 Å². The molecule has 0 aliphatic rings. The lowest BCUT2D eigenvalue weighted by Crippen LogP contribution is -2.25. The molecule has 116 valence electrons. The molecule has 0 spiro atoms. The highest BCUT2D eigenvalue weighted by molar-refractivity contribution is 5.63. The molecule has 4 heteroatoms. The number of rotatable bonds is 8. The molecule has 0 aliphatic carbocycles. The first-order valence-electron chi connectivity index (χ1n) is 7.92. The van der Waals surface area contributed by atoms with E-state index in [1.165, 1.54) is 25.7 Å². The van der Waals surface area contributed by atoms with Crippen molar-refractivity contribution in [3.63, 3.8) is 0 Å². The average Bonchev–Trinajstić information content (AvgIpc) is 3.02. The summed E-state index contributed by atoms with van der Waals surface area (Å²) in [4.78, 5) is 4.48. The monoisotopic (exact) mass is 297 g/mol. The minimum Gasteiger partial charge on any atom is -0.444 e. The van der Waals surface area contributed by atoms with Gasteiger partial charge in [-0.15, -0.1) is 0 Å². The van der Waals surface area contributed by atoms with E-state index in [0.717, 1.165) is 11.3 Å². The normalized spacial score (nSPS) is 12.0. The van der Waals surface area contributed by atoms with Gasteiger partial charge in [0.15, 0.2) is 0 Å². The third-order valence-corrected chi connectivity index (χ3v) is 3.70. The van der Waals surface area contributed by atoms with Gasteiger partial charge in [-0.05, 0) is 25.5 Å². The molecule has 0 radical (unpaired) electrons. The number of hydrogen-bond acceptors (Lipinski definition) is 4. The van der Waals surface area contributed by atoms with Crippen molar-refractivity contribution in [3.05, 3.63) is 41.8 Å². The van der Waals surface area contributed by atoms with Crippen molar-refractivity contribution in [2.45, 2.75) is 52.1 Å². The van der Waals surface area contributed by atoms with Gasteiger partial charge in [0.05, 0.1) is 22.9 Å². The minimum absolute atomic E-state index is 0.470. The Morgan fingerprint density at radius 1 is 1.32 bits per heavy atom. The second-order valence-corrected chi connectivity index (χ2v) is 5.58. The van der Waals surface area contributed by atoms with E-state index in [2.05, 4.69) is 30.2 Å². The van der Waals surface area contributed by atoms with Crippen LogP contribution in [0.3, 0.4) is 0 Å². The predicted octanol–water partition coefficient (Wildman–Crippen LogP) is 4.27. The maximum atomic E-state index is 9.13. The molecule has 0 amide bonds. The number of nitrogens with one attached hydrogen (secondary N) is 1. The number of hydrogen-bond donors (Lipinski definition) is 1. The number of unbranched alkanes of at least 4 members (excludes halogenated alkanes) is 2. The Balaban J connectivity index is 1.93. The first-order chi connectivity index (χ1) is 10.7. The van der Waals surface area contributed by atoms with Crippen LogP contribution in [0.1, 0.15) is 50.8 Å². The van der Waals surface area contributed by atoms with Crippen LogP contribution in [-0.4, -0.2) is 11.0 Å². The molecule has 0 saturated carbocycles. The lowest BCUT2D eigenvalue weighted by molar-refractivity contribution is 0.483. The minimum atomic E-state index is 0.470. The van der Waals surface area contributed by atoms with Crippen molar-refractivity contribution in [3.8, 4) is 17.5 Å². The fraction of sp³-hybridized carbons (Fsp3) is 0.444. The first kappa shape index (κ1) is 16.3. The van der Waals surface area contributed by atoms with Crippen LogP contribution in [0.15, 0.2) is 34.9 Å². The summed E-state index contributed by atoms with van der Waals surface area (Å²) in [5.41, 5.74) is 2.19. The van der Waals surface area contributed by atoms with E-state index in [0.29, 0.717) is 24.0 Å². The van der Waals surface area contributed by atoms with Crippen LogP contribution in [0.2, 0.25) is 0 Å². The summed E-state index contributed by atoms with van der Waals surface area (Å²) in [7, 11) is 0. The molecular weight excluding hydrogens is 274 g/mol. The Kier molecular flexibility index (Phi) is 6.17. The van der Waals surface area contributed by atoms with Gasteiger partial charge in [0.1, 0.15) is 6.26 Å². The van der Waals surface area contributed by atoms with Crippen molar-refractivity contribution in [1.29, 1.82) is 5.26 Å². The molecule has 2 rings (SSSR count). The maximum Gasteiger partial charge on any atom is 0.227 e. The zero-order valence-electron chi connectivity index (χ0n) is 13.3. The smallest absolute Gasteiger partial charge is 0.227 e. The van der Waals surface area contributed by atoms with Crippen molar-refractivity contribution in [2.24, 2.45) is 0 Å². The number of nitrogens with zero attached hydrogens (tertiary/aromatic N) is 2. The number of aromatic nitrogens is 1. The van der Waals surface area contributed by atoms with Gasteiger partial charge >= 0.3 is 0 Å². The molecule has 0 aliphatic heterocycles. The molecule has 1 atom stereocenters. The SMILES string of the molecule is CCCCCC(C)NCc1coc(-c2ccccc2C#N)n1. The van der Waals surface area contributed by atoms with Crippen LogP contribution < -0.4 is 5.32 Å². The van der Waals surface area contributed by atoms with Crippen LogP contribution in [0.4, 0.5) is 0 Å². The van der Waals surface area contributed by atoms with Gasteiger partial charge in [0.2, 0.25) is 5.89 Å². The van der Waals surface area contributed by atoms with E-state index in [9.17, 15) is 0 Å². The molecule has 1 aromatic carbocycles. The van der Waals surface area contributed by atoms with Gasteiger partial charge in [-0.25, -0.2) is 4.98 Å². The Morgan fingerprint density at radius 2 is 2.14 bits per heavy atom. The Morgan fingerprint density at radius 3 is 2.91 bits per heavy atom. The summed E-state index contributed by atoms with van der Waals surface area (Å²) >= 11 is 0. The van der Waals surface area contributed by atoms with Crippen molar-refractivity contribution >= 4 is 0 Å². The van der Waals surface area contributed by atoms with Gasteiger partial charge in [0.25, 0.3) is 0 Å². The van der Waals surface area contributed by atoms with Gasteiger partial charge in [0, 0.05) is 12.6 Å². The van der Waals surface area contributed by atoms with E-state index in [1.807, 2.05) is 18.2 Å². The highest BCUT2D eigenvalue weighted by Crippen LogP contribution is 2.22. The summed E-state index contributed by atoms with van der Waals surface area (Å²) in [6, 6.07) is 9.99. The van der Waals surface area contributed by atoms with Crippen molar-refractivity contribution in [2.75, 3.05) is 0 Å². The molecule has 0 saturated heterocycles. The van der Waals surface area contributed by atoms with Crippen molar-refractivity contribution in [1.82, 2.24) is 10.3 Å². The molecule has 2 aromatic rings. The third kappa shape index (κ3) is 4.44. The van der Waals surface area contributed by atoms with Gasteiger partial charge in [-0.1, -0.05) is 38.3 Å². The predicted molar refractivity (Wildman–Crippen MR) is 87.1 cm³/mol. The topological polar surface area (TPSA) is 61.9 Å². The molecular formula is C18H23N3O.